The van der Waals surface area contributed by atoms with Crippen molar-refractivity contribution < 1.29 is 17.9 Å². The molecule has 14 heavy (non-hydrogen) atoms. The minimum absolute atomic E-state index is 0.106. The molecule has 0 bridgehead atoms. The third-order valence-corrected chi connectivity index (χ3v) is 2.11. The van der Waals surface area contributed by atoms with Crippen molar-refractivity contribution in [1.82, 2.24) is 0 Å². The number of rotatable bonds is 3. The predicted octanol–water partition coefficient (Wildman–Crippen LogP) is 0.748. The summed E-state index contributed by atoms with van der Waals surface area (Å²) in [6, 6.07) is 5.67. The highest BCUT2D eigenvalue weighted by atomic mass is 32.2. The standard InChI is InChI=1S/C9H8O4S/c1-2-9(10)13-7-4-3-5-8(6-7)14(11)12/h2-6,14H,1H2. The summed E-state index contributed by atoms with van der Waals surface area (Å²) in [5.74, 6) is -0.435. The number of carbonyl (C=O) groups excluding carboxylic acids is 1. The van der Waals surface area contributed by atoms with Gasteiger partial charge in [0.05, 0.1) is 4.90 Å². The number of benzene rings is 1. The van der Waals surface area contributed by atoms with Crippen molar-refractivity contribution in [3.05, 3.63) is 36.9 Å². The molecular formula is C9H8O4S. The van der Waals surface area contributed by atoms with E-state index >= 15 is 0 Å². The Bertz CT molecular complexity index is 426. The van der Waals surface area contributed by atoms with Gasteiger partial charge in [-0.3, -0.25) is 0 Å². The van der Waals surface area contributed by atoms with Crippen LogP contribution in [0.1, 0.15) is 0 Å². The van der Waals surface area contributed by atoms with Gasteiger partial charge in [-0.2, -0.15) is 0 Å². The van der Waals surface area contributed by atoms with Crippen LogP contribution in [-0.4, -0.2) is 14.4 Å². The fourth-order valence-electron chi connectivity index (χ4n) is 0.818. The smallest absolute Gasteiger partial charge is 0.335 e. The quantitative estimate of drug-likeness (QED) is 0.347. The van der Waals surface area contributed by atoms with E-state index in [4.69, 9.17) is 4.74 Å². The molecule has 74 valence electrons. The van der Waals surface area contributed by atoms with Crippen LogP contribution in [0.2, 0.25) is 0 Å². The average molecular weight is 212 g/mol. The number of esters is 1. The Balaban J connectivity index is 2.94. The van der Waals surface area contributed by atoms with Crippen LogP contribution in [0.3, 0.4) is 0 Å². The van der Waals surface area contributed by atoms with Gasteiger partial charge in [-0.15, -0.1) is 0 Å². The average Bonchev–Trinajstić information content (AvgIpc) is 2.18. The molecular weight excluding hydrogens is 204 g/mol. The highest BCUT2D eigenvalue weighted by Crippen LogP contribution is 2.14. The zero-order chi connectivity index (χ0) is 10.6. The fraction of sp³-hybridized carbons (Fsp3) is 0. The monoisotopic (exact) mass is 212 g/mol. The van der Waals surface area contributed by atoms with Crippen molar-refractivity contribution in [3.63, 3.8) is 0 Å². The van der Waals surface area contributed by atoms with E-state index in [0.29, 0.717) is 0 Å². The Hall–Kier alpha value is -1.62. The molecule has 0 aromatic heterocycles. The lowest BCUT2D eigenvalue weighted by molar-refractivity contribution is -0.128. The van der Waals surface area contributed by atoms with E-state index in [2.05, 4.69) is 6.58 Å². The molecule has 0 aliphatic heterocycles. The Labute approximate surface area is 82.8 Å². The second kappa shape index (κ2) is 4.57. The van der Waals surface area contributed by atoms with E-state index in [-0.39, 0.29) is 10.6 Å². The van der Waals surface area contributed by atoms with Crippen LogP contribution in [0.4, 0.5) is 0 Å². The van der Waals surface area contributed by atoms with Gasteiger partial charge < -0.3 is 4.74 Å². The number of hydrogen-bond acceptors (Lipinski definition) is 4. The first kappa shape index (κ1) is 10.5. The van der Waals surface area contributed by atoms with Crippen molar-refractivity contribution in [2.45, 2.75) is 4.90 Å². The molecule has 0 unspecified atom stereocenters. The molecule has 0 N–H and O–H groups in total. The molecule has 0 fully saturated rings. The molecule has 1 aromatic carbocycles. The van der Waals surface area contributed by atoms with Crippen LogP contribution >= 0.6 is 0 Å². The van der Waals surface area contributed by atoms with Gasteiger partial charge in [-0.25, -0.2) is 13.2 Å². The first-order chi connectivity index (χ1) is 6.63. The maximum Gasteiger partial charge on any atom is 0.335 e. The summed E-state index contributed by atoms with van der Waals surface area (Å²) in [6.07, 6.45) is 1.00. The van der Waals surface area contributed by atoms with Gasteiger partial charge in [0.1, 0.15) is 5.75 Å². The highest BCUT2D eigenvalue weighted by molar-refractivity contribution is 7.72. The van der Waals surface area contributed by atoms with Crippen LogP contribution in [0.25, 0.3) is 0 Å². The second-order valence-electron chi connectivity index (χ2n) is 2.38. The lowest BCUT2D eigenvalue weighted by atomic mass is 10.3. The Morgan fingerprint density at radius 2 is 2.14 bits per heavy atom. The van der Waals surface area contributed by atoms with E-state index < -0.39 is 16.7 Å². The Morgan fingerprint density at radius 1 is 1.43 bits per heavy atom. The first-order valence-corrected chi connectivity index (χ1v) is 4.90. The molecule has 0 saturated carbocycles. The van der Waals surface area contributed by atoms with Crippen LogP contribution in [0.5, 0.6) is 5.75 Å². The minimum Gasteiger partial charge on any atom is -0.423 e. The summed E-state index contributed by atoms with van der Waals surface area (Å²) < 4.78 is 25.9. The topological polar surface area (TPSA) is 60.4 Å². The van der Waals surface area contributed by atoms with Crippen LogP contribution < -0.4 is 4.74 Å². The van der Waals surface area contributed by atoms with Crippen molar-refractivity contribution in [2.75, 3.05) is 0 Å². The van der Waals surface area contributed by atoms with Gasteiger partial charge in [0.2, 0.25) is 0 Å². The predicted molar refractivity (Wildman–Crippen MR) is 50.9 cm³/mol. The molecule has 0 amide bonds. The van der Waals surface area contributed by atoms with Crippen molar-refractivity contribution >= 4 is 16.7 Å². The van der Waals surface area contributed by atoms with Crippen molar-refractivity contribution in [2.24, 2.45) is 0 Å². The minimum atomic E-state index is -2.66. The normalized spacial score (nSPS) is 9.79. The number of carbonyl (C=O) groups is 1. The van der Waals surface area contributed by atoms with E-state index in [0.717, 1.165) is 6.08 Å². The SMILES string of the molecule is C=CC(=O)Oc1cccc([SH](=O)=O)c1. The second-order valence-corrected chi connectivity index (χ2v) is 3.41. The summed E-state index contributed by atoms with van der Waals surface area (Å²) in [7, 11) is -2.66. The maximum absolute atomic E-state index is 10.8. The molecule has 0 atom stereocenters. The molecule has 5 heteroatoms. The highest BCUT2D eigenvalue weighted by Gasteiger charge is 2.01. The summed E-state index contributed by atoms with van der Waals surface area (Å²) in [5.41, 5.74) is 0. The van der Waals surface area contributed by atoms with Gasteiger partial charge >= 0.3 is 5.97 Å². The van der Waals surface area contributed by atoms with Crippen molar-refractivity contribution in [1.29, 1.82) is 0 Å². The summed E-state index contributed by atoms with van der Waals surface area (Å²) in [5, 5.41) is 0. The molecule has 1 rings (SSSR count). The van der Waals surface area contributed by atoms with Crippen LogP contribution in [-0.2, 0) is 15.5 Å². The molecule has 1 aromatic rings. The van der Waals surface area contributed by atoms with Crippen LogP contribution in [0.15, 0.2) is 41.8 Å². The third kappa shape index (κ3) is 2.70. The van der Waals surface area contributed by atoms with Gasteiger partial charge in [-0.1, -0.05) is 12.6 Å². The van der Waals surface area contributed by atoms with Gasteiger partial charge in [0.15, 0.2) is 10.7 Å². The van der Waals surface area contributed by atoms with Gasteiger partial charge in [-0.05, 0) is 18.2 Å². The zero-order valence-corrected chi connectivity index (χ0v) is 8.07. The van der Waals surface area contributed by atoms with Gasteiger partial charge in [0, 0.05) is 6.08 Å². The van der Waals surface area contributed by atoms with E-state index in [1.54, 1.807) is 0 Å². The summed E-state index contributed by atoms with van der Waals surface area (Å²) in [6.45, 7) is 3.22. The van der Waals surface area contributed by atoms with Crippen LogP contribution in [0, 0.1) is 0 Å². The third-order valence-electron chi connectivity index (χ3n) is 1.41. The molecule has 0 heterocycles. The molecule has 0 aliphatic carbocycles. The van der Waals surface area contributed by atoms with E-state index in [1.807, 2.05) is 0 Å². The largest absolute Gasteiger partial charge is 0.423 e. The Kier molecular flexibility index (Phi) is 3.41. The lowest BCUT2D eigenvalue weighted by Crippen LogP contribution is -2.02. The lowest BCUT2D eigenvalue weighted by Gasteiger charge is -2.00. The molecule has 0 aliphatic rings. The zero-order valence-electron chi connectivity index (χ0n) is 7.17. The fourth-order valence-corrected chi connectivity index (χ4v) is 1.26. The molecule has 4 nitrogen and oxygen atoms in total. The molecule has 0 radical (unpaired) electrons. The number of thiol groups is 1. The molecule has 0 spiro atoms. The van der Waals surface area contributed by atoms with Crippen molar-refractivity contribution in [3.8, 4) is 5.75 Å². The first-order valence-electron chi connectivity index (χ1n) is 3.72. The van der Waals surface area contributed by atoms with E-state index in [1.165, 1.54) is 24.3 Å². The number of hydrogen-bond donors (Lipinski definition) is 1. The maximum atomic E-state index is 10.8. The number of ether oxygens (including phenoxy) is 1. The molecule has 0 saturated heterocycles. The summed E-state index contributed by atoms with van der Waals surface area (Å²) in [4.78, 5) is 10.9. The Morgan fingerprint density at radius 3 is 2.71 bits per heavy atom. The summed E-state index contributed by atoms with van der Waals surface area (Å²) >= 11 is 0. The van der Waals surface area contributed by atoms with Gasteiger partial charge in [0.25, 0.3) is 0 Å². The van der Waals surface area contributed by atoms with E-state index in [9.17, 15) is 13.2 Å².